The lowest BCUT2D eigenvalue weighted by molar-refractivity contribution is 0.0980. The van der Waals surface area contributed by atoms with E-state index in [2.05, 4.69) is 15.6 Å². The molecule has 9 N–H and O–H groups in total. The minimum absolute atomic E-state index is 0.0130. The lowest BCUT2D eigenvalue weighted by Crippen LogP contribution is -2.33. The van der Waals surface area contributed by atoms with Gasteiger partial charge in [-0.1, -0.05) is 91.0 Å². The van der Waals surface area contributed by atoms with E-state index in [1.807, 2.05) is 0 Å². The molecule has 0 amide bonds. The number of carbonyl (C=O) groups excluding carboxylic acids is 2. The van der Waals surface area contributed by atoms with Gasteiger partial charge >= 0.3 is 0 Å². The van der Waals surface area contributed by atoms with E-state index < -0.39 is 122 Å². The predicted octanol–water partition coefficient (Wildman–Crippen LogP) is 6.63. The van der Waals surface area contributed by atoms with Crippen LogP contribution in [0.15, 0.2) is 169 Å². The molecule has 0 fully saturated rings. The number of nitrogens with one attached hydrogen (secondary N) is 2. The number of nitrogens with zero attached hydrogens (tertiary/aromatic N) is 1. The Kier molecular flexibility index (Phi) is 20.2. The second-order valence-electron chi connectivity index (χ2n) is 20.2. The van der Waals surface area contributed by atoms with Crippen LogP contribution in [-0.4, -0.2) is 132 Å². The predicted molar refractivity (Wildman–Crippen MR) is 348 cm³/mol. The Morgan fingerprint density at radius 1 is 0.549 bits per heavy atom. The smallest absolute Gasteiger partial charge is 0.296 e. The number of thioether (sulfide) groups is 2. The molecule has 7 aromatic rings. The second kappa shape index (κ2) is 27.2. The van der Waals surface area contributed by atoms with Gasteiger partial charge in [-0.2, -0.15) is 57.2 Å². The number of aliphatic hydroxyl groups excluding tert-OH is 1. The van der Waals surface area contributed by atoms with Crippen molar-refractivity contribution in [2.45, 2.75) is 32.4 Å². The summed E-state index contributed by atoms with van der Waals surface area (Å²) in [5.41, 5.74) is 3.41. The van der Waals surface area contributed by atoms with E-state index in [4.69, 9.17) is 14.8 Å². The molecule has 1 aliphatic heterocycles. The lowest BCUT2D eigenvalue weighted by Gasteiger charge is -2.23. The van der Waals surface area contributed by atoms with Crippen molar-refractivity contribution in [2.24, 2.45) is 0 Å². The number of aliphatic hydroxyl groups is 1. The fraction of sp³-hybridized carbons (Fsp3) is 0.169. The molecule has 0 aromatic heterocycles. The third-order valence-corrected chi connectivity index (χ3v) is 23.1. The fourth-order valence-corrected chi connectivity index (χ4v) is 17.8. The van der Waals surface area contributed by atoms with Crippen LogP contribution in [0.4, 0.5) is 28.4 Å². The van der Waals surface area contributed by atoms with Gasteiger partial charge in [0.1, 0.15) is 15.6 Å². The van der Waals surface area contributed by atoms with Crippen molar-refractivity contribution in [3.8, 4) is 0 Å². The number of aromatic nitrogens is 1. The van der Waals surface area contributed by atoms with Gasteiger partial charge in [0.05, 0.1) is 77.3 Å². The lowest BCUT2D eigenvalue weighted by atomic mass is 9.82. The van der Waals surface area contributed by atoms with Gasteiger partial charge in [-0.15, -0.1) is 0 Å². The summed E-state index contributed by atoms with van der Waals surface area (Å²) < 4.78 is 170. The van der Waals surface area contributed by atoms with Crippen LogP contribution in [0.25, 0.3) is 27.4 Å². The maximum absolute atomic E-state index is 14.2. The molecule has 2 aliphatic carbocycles. The molecule has 3 aliphatic rings. The van der Waals surface area contributed by atoms with E-state index in [-0.39, 0.29) is 112 Å². The molecule has 1 heterocycles. The Labute approximate surface area is 530 Å². The Hall–Kier alpha value is -7.73. The van der Waals surface area contributed by atoms with Gasteiger partial charge in [0.2, 0.25) is 0 Å². The molecule has 0 bridgehead atoms. The monoisotopic (exact) mass is 1390 g/mol. The highest BCUT2D eigenvalue weighted by Gasteiger charge is 2.37. The molecular formula is C59H52N4O20S8. The summed E-state index contributed by atoms with van der Waals surface area (Å²) in [6.45, 7) is 0. The number of fused-ring (bicyclic) bond motifs is 4. The fourth-order valence-electron chi connectivity index (χ4n) is 10.0. The minimum Gasteiger partial charge on any atom is -0.506 e. The number of hydrogen-bond donors (Lipinski definition) is 8. The number of carbonyl (C=O) groups is 2. The second-order valence-corrected chi connectivity index (χ2v) is 32.2. The van der Waals surface area contributed by atoms with Crippen LogP contribution in [0.1, 0.15) is 50.2 Å². The molecule has 0 radical (unpaired) electrons. The Bertz CT molecular complexity index is 5300. The SMILES string of the molecule is Nc1c(S(=O)(=O)O)cc(Nc2cccc(S(=O)(=O)CCSCCCS(=O)(=O)O)c2)c2c1C(=O)c1ccccc1C2=O.O=c1nc2c(S(=O)(=O)O)cc(Nc3cccc(S(=O)CCSCCCS(=O)(=O)O)c3)c3c2=c(c1=C(O)c1ccccc1)c1ccccc1c3=O. The number of nitrogen functional groups attached to an aromatic ring is 1. The van der Waals surface area contributed by atoms with Gasteiger partial charge in [0, 0.05) is 66.0 Å². The average Bonchev–Trinajstić information content (AvgIpc) is 0.712. The molecular weight excluding hydrogens is 1340 g/mol. The molecule has 91 heavy (non-hydrogen) atoms. The molecule has 7 aromatic carbocycles. The summed E-state index contributed by atoms with van der Waals surface area (Å²) in [5, 5.41) is 17.5. The Balaban J connectivity index is 0.000000220. The molecule has 32 heteroatoms. The minimum atomic E-state index is -5.03. The van der Waals surface area contributed by atoms with Gasteiger partial charge in [0.25, 0.3) is 46.0 Å². The molecule has 0 spiro atoms. The summed E-state index contributed by atoms with van der Waals surface area (Å²) in [6.07, 6.45) is 0.406. The van der Waals surface area contributed by atoms with Crippen molar-refractivity contribution in [1.29, 1.82) is 0 Å². The summed E-state index contributed by atoms with van der Waals surface area (Å²) in [6, 6.07) is 34.3. The van der Waals surface area contributed by atoms with Crippen molar-refractivity contribution in [3.05, 3.63) is 204 Å². The number of sulfone groups is 1. The van der Waals surface area contributed by atoms with Crippen molar-refractivity contribution < 1.29 is 79.2 Å². The first kappa shape index (κ1) is 67.7. The third-order valence-electron chi connectivity index (χ3n) is 14.0. The van der Waals surface area contributed by atoms with E-state index in [0.717, 1.165) is 12.1 Å². The van der Waals surface area contributed by atoms with E-state index in [1.54, 1.807) is 84.9 Å². The van der Waals surface area contributed by atoms with Crippen LogP contribution in [-0.2, 0) is 61.1 Å². The van der Waals surface area contributed by atoms with Crippen molar-refractivity contribution in [2.75, 3.05) is 62.4 Å². The number of hydrogen-bond acceptors (Lipinski definition) is 22. The maximum Gasteiger partial charge on any atom is 0.296 e. The van der Waals surface area contributed by atoms with Crippen LogP contribution in [0.3, 0.4) is 0 Å². The summed E-state index contributed by atoms with van der Waals surface area (Å²) >= 11 is 2.59. The molecule has 24 nitrogen and oxygen atoms in total. The zero-order valence-electron chi connectivity index (χ0n) is 47.0. The van der Waals surface area contributed by atoms with Crippen molar-refractivity contribution >= 4 is 152 Å². The highest BCUT2D eigenvalue weighted by atomic mass is 32.2. The van der Waals surface area contributed by atoms with Crippen LogP contribution < -0.4 is 32.6 Å². The van der Waals surface area contributed by atoms with Crippen LogP contribution >= 0.6 is 23.5 Å². The number of anilines is 5. The number of rotatable bonds is 23. The normalized spacial score (nSPS) is 13.5. The maximum atomic E-state index is 14.2. The van der Waals surface area contributed by atoms with Crippen LogP contribution in [0.5, 0.6) is 0 Å². The van der Waals surface area contributed by atoms with Crippen molar-refractivity contribution in [3.63, 3.8) is 0 Å². The van der Waals surface area contributed by atoms with Gasteiger partial charge in [0.15, 0.2) is 26.8 Å². The highest BCUT2D eigenvalue weighted by molar-refractivity contribution is 8.01. The number of nitrogens with two attached hydrogens (primary N) is 1. The third kappa shape index (κ3) is 15.4. The summed E-state index contributed by atoms with van der Waals surface area (Å²) in [7, 11) is -23.4. The molecule has 1 unspecified atom stereocenters. The van der Waals surface area contributed by atoms with E-state index in [0.29, 0.717) is 27.8 Å². The Morgan fingerprint density at radius 3 is 1.70 bits per heavy atom. The quantitative estimate of drug-likeness (QED) is 0.0189. The van der Waals surface area contributed by atoms with E-state index in [9.17, 15) is 79.7 Å². The van der Waals surface area contributed by atoms with Gasteiger partial charge in [-0.05, 0) is 78.3 Å². The van der Waals surface area contributed by atoms with Crippen LogP contribution in [0.2, 0.25) is 0 Å². The van der Waals surface area contributed by atoms with Crippen molar-refractivity contribution in [1.82, 2.24) is 4.98 Å². The number of benzene rings is 7. The van der Waals surface area contributed by atoms with E-state index in [1.165, 1.54) is 66.0 Å². The largest absolute Gasteiger partial charge is 0.506 e. The molecule has 10 rings (SSSR count). The molecule has 0 saturated heterocycles. The standard InChI is InChI=1S/C34H28N2O10S4.C25H24N2O10S4/c37-32(20-8-2-1-3-9-20)30-27-23-12-4-5-13-24(23)33(38)28-25(19-26(50(44,45)46)31(29(27)28)36-34(30)39)35-21-10-6-11-22(18-21)48(40)16-15-47-14-7-17-49(41,42)43;26-23-20(41(35,36)37)14-19(21-22(23)25(29)18-8-2-1-7-17(18)24(21)28)27-15-5-3-6-16(13-15)39(30,31)12-10-38-9-4-11-40(32,33)34/h1-6,8-13,18-19,35,37H,7,14-17H2,(H,41,42,43)(H,44,45,46);1-3,5-8,13-14,27H,4,9-12,26H2,(H,32,33,34)(H,35,36,37). The Morgan fingerprint density at radius 2 is 1.09 bits per heavy atom. The summed E-state index contributed by atoms with van der Waals surface area (Å²) in [5.74, 6) is -1.22. The first-order valence-electron chi connectivity index (χ1n) is 26.8. The molecule has 0 saturated carbocycles. The van der Waals surface area contributed by atoms with Crippen LogP contribution in [0, 0.1) is 10.4 Å². The number of ketones is 2. The topological polar surface area (TPSA) is 420 Å². The first-order valence-corrected chi connectivity index (χ1v) is 38.2. The molecule has 476 valence electrons. The zero-order valence-corrected chi connectivity index (χ0v) is 53.5. The highest BCUT2D eigenvalue weighted by Crippen LogP contribution is 2.41. The first-order chi connectivity index (χ1) is 42.8. The van der Waals surface area contributed by atoms with Gasteiger partial charge < -0.3 is 21.5 Å². The van der Waals surface area contributed by atoms with Gasteiger partial charge in [-0.3, -0.25) is 41.6 Å². The average molecular weight is 1390 g/mol. The summed E-state index contributed by atoms with van der Waals surface area (Å²) in [4.78, 5) is 57.4. The zero-order chi connectivity index (χ0) is 66.0. The molecule has 1 atom stereocenters. The van der Waals surface area contributed by atoms with E-state index >= 15 is 0 Å². The van der Waals surface area contributed by atoms with Gasteiger partial charge in [-0.25, -0.2) is 13.4 Å².